The first kappa shape index (κ1) is 22.6. The Bertz CT molecular complexity index is 1110. The Morgan fingerprint density at radius 3 is 1.97 bits per heavy atom. The van der Waals surface area contributed by atoms with Gasteiger partial charge in [0.2, 0.25) is 5.91 Å². The molecule has 1 fully saturated rings. The molecule has 4 amide bonds. The molecule has 0 aromatic heterocycles. The number of hydrogen-bond acceptors (Lipinski definition) is 3. The van der Waals surface area contributed by atoms with Gasteiger partial charge in [-0.3, -0.25) is 14.5 Å². The van der Waals surface area contributed by atoms with Gasteiger partial charge in [0.25, 0.3) is 5.91 Å². The number of amides is 4. The fourth-order valence-corrected chi connectivity index (χ4v) is 4.25. The molecule has 0 unspecified atom stereocenters. The number of nitrogens with zero attached hydrogens (tertiary/aromatic N) is 1. The molecule has 4 rings (SSSR count). The fraction of sp³-hybridized carbons (Fsp3) is 0.192. The molecular weight excluding hydrogens is 438 g/mol. The lowest BCUT2D eigenvalue weighted by Crippen LogP contribution is -2.51. The minimum absolute atomic E-state index is 0.210. The van der Waals surface area contributed by atoms with Crippen LogP contribution in [0.25, 0.3) is 0 Å². The maximum absolute atomic E-state index is 13.6. The smallest absolute Gasteiger partial charge is 0.325 e. The van der Waals surface area contributed by atoms with Gasteiger partial charge in [0, 0.05) is 24.4 Å². The summed E-state index contributed by atoms with van der Waals surface area (Å²) in [6, 6.07) is 25.7. The second-order valence-electron chi connectivity index (χ2n) is 8.10. The zero-order valence-corrected chi connectivity index (χ0v) is 18.7. The Labute approximate surface area is 197 Å². The minimum atomic E-state index is -1.16. The maximum atomic E-state index is 13.6. The van der Waals surface area contributed by atoms with Crippen molar-refractivity contribution in [1.29, 1.82) is 0 Å². The second kappa shape index (κ2) is 9.88. The number of hydrogen-bond donors (Lipinski definition) is 2. The summed E-state index contributed by atoms with van der Waals surface area (Å²) in [7, 11) is 0. The van der Waals surface area contributed by atoms with Crippen molar-refractivity contribution in [2.24, 2.45) is 0 Å². The van der Waals surface area contributed by atoms with Crippen LogP contribution in [-0.4, -0.2) is 34.8 Å². The van der Waals surface area contributed by atoms with Crippen LogP contribution in [0.15, 0.2) is 84.9 Å². The molecule has 0 spiro atoms. The maximum Gasteiger partial charge on any atom is 0.325 e. The average molecular weight is 462 g/mol. The molecule has 2 N–H and O–H groups in total. The molecule has 1 heterocycles. The van der Waals surface area contributed by atoms with Gasteiger partial charge in [-0.15, -0.1) is 0 Å². The van der Waals surface area contributed by atoms with Crippen LogP contribution in [0.5, 0.6) is 0 Å². The number of carbonyl (C=O) groups is 3. The average Bonchev–Trinajstić information content (AvgIpc) is 3.03. The lowest BCUT2D eigenvalue weighted by atomic mass is 9.84. The number of carbonyl (C=O) groups excluding carboxylic acids is 3. The number of benzene rings is 3. The van der Waals surface area contributed by atoms with Gasteiger partial charge < -0.3 is 10.6 Å². The zero-order valence-electron chi connectivity index (χ0n) is 18.0. The van der Waals surface area contributed by atoms with Gasteiger partial charge in [-0.25, -0.2) is 4.79 Å². The first-order valence-corrected chi connectivity index (χ1v) is 11.1. The molecule has 168 valence electrons. The Kier molecular flexibility index (Phi) is 6.75. The molecular formula is C26H24ClN3O3. The van der Waals surface area contributed by atoms with E-state index in [2.05, 4.69) is 10.6 Å². The lowest BCUT2D eigenvalue weighted by Gasteiger charge is -2.27. The van der Waals surface area contributed by atoms with Gasteiger partial charge in [0.15, 0.2) is 0 Å². The van der Waals surface area contributed by atoms with E-state index >= 15 is 0 Å². The van der Waals surface area contributed by atoms with Gasteiger partial charge in [-0.2, -0.15) is 0 Å². The Morgan fingerprint density at radius 1 is 0.848 bits per heavy atom. The summed E-state index contributed by atoms with van der Waals surface area (Å²) in [5.74, 6) is -0.846. The van der Waals surface area contributed by atoms with E-state index < -0.39 is 23.4 Å². The zero-order chi connectivity index (χ0) is 23.3. The molecule has 1 aliphatic rings. The molecule has 7 heteroatoms. The van der Waals surface area contributed by atoms with Gasteiger partial charge in [0.1, 0.15) is 12.1 Å². The highest BCUT2D eigenvalue weighted by Crippen LogP contribution is 2.27. The normalized spacial score (nSPS) is 14.8. The number of halogens is 1. The fourth-order valence-electron chi connectivity index (χ4n) is 4.05. The standard InChI is InChI=1S/C26H24ClN3O3/c27-22-14-8-7-13-21(22)17-28-23(31)18-30-24(32)26(29-25(30)33,15-19-9-3-1-4-10-19)16-20-11-5-2-6-12-20/h1-14H,15-18H2,(H,28,31)(H,29,33). The van der Waals surface area contributed by atoms with E-state index in [4.69, 9.17) is 11.6 Å². The summed E-state index contributed by atoms with van der Waals surface area (Å²) in [6.45, 7) is -0.151. The number of imide groups is 1. The predicted octanol–water partition coefficient (Wildman–Crippen LogP) is 3.73. The largest absolute Gasteiger partial charge is 0.350 e. The summed E-state index contributed by atoms with van der Waals surface area (Å²) in [6.07, 6.45) is 0.649. The highest BCUT2D eigenvalue weighted by Gasteiger charge is 2.51. The third kappa shape index (κ3) is 5.23. The third-order valence-corrected chi connectivity index (χ3v) is 6.05. The summed E-state index contributed by atoms with van der Waals surface area (Å²) >= 11 is 6.14. The molecule has 3 aromatic rings. The van der Waals surface area contributed by atoms with Crippen molar-refractivity contribution in [3.63, 3.8) is 0 Å². The van der Waals surface area contributed by atoms with Crippen molar-refractivity contribution in [3.8, 4) is 0 Å². The van der Waals surface area contributed by atoms with Crippen LogP contribution in [0.2, 0.25) is 5.02 Å². The SMILES string of the molecule is O=C(CN1C(=O)NC(Cc2ccccc2)(Cc2ccccc2)C1=O)NCc1ccccc1Cl. The molecule has 33 heavy (non-hydrogen) atoms. The molecule has 0 atom stereocenters. The second-order valence-corrected chi connectivity index (χ2v) is 8.50. The molecule has 0 aliphatic carbocycles. The highest BCUT2D eigenvalue weighted by molar-refractivity contribution is 6.31. The number of rotatable bonds is 8. The van der Waals surface area contributed by atoms with Crippen LogP contribution in [0.3, 0.4) is 0 Å². The van der Waals surface area contributed by atoms with Crippen LogP contribution in [-0.2, 0) is 29.0 Å². The summed E-state index contributed by atoms with van der Waals surface area (Å²) in [5, 5.41) is 6.17. The van der Waals surface area contributed by atoms with E-state index in [1.54, 1.807) is 18.2 Å². The first-order valence-electron chi connectivity index (χ1n) is 10.7. The van der Waals surface area contributed by atoms with Crippen LogP contribution in [0.1, 0.15) is 16.7 Å². The van der Waals surface area contributed by atoms with E-state index in [0.717, 1.165) is 21.6 Å². The number of nitrogens with one attached hydrogen (secondary N) is 2. The van der Waals surface area contributed by atoms with E-state index in [0.29, 0.717) is 17.9 Å². The van der Waals surface area contributed by atoms with Crippen molar-refractivity contribution in [2.45, 2.75) is 24.9 Å². The van der Waals surface area contributed by atoms with Crippen LogP contribution < -0.4 is 10.6 Å². The van der Waals surface area contributed by atoms with Gasteiger partial charge in [0.05, 0.1) is 0 Å². The molecule has 0 radical (unpaired) electrons. The van der Waals surface area contributed by atoms with E-state index in [1.807, 2.05) is 66.7 Å². The Morgan fingerprint density at radius 2 is 1.39 bits per heavy atom. The van der Waals surface area contributed by atoms with Crippen molar-refractivity contribution in [3.05, 3.63) is 107 Å². The Hall–Kier alpha value is -3.64. The summed E-state index contributed by atoms with van der Waals surface area (Å²) in [5.41, 5.74) is 1.44. The van der Waals surface area contributed by atoms with E-state index in [9.17, 15) is 14.4 Å². The predicted molar refractivity (Wildman–Crippen MR) is 127 cm³/mol. The van der Waals surface area contributed by atoms with Gasteiger partial charge in [-0.05, 0) is 22.8 Å². The number of urea groups is 1. The van der Waals surface area contributed by atoms with Crippen molar-refractivity contribution < 1.29 is 14.4 Å². The third-order valence-electron chi connectivity index (χ3n) is 5.68. The topological polar surface area (TPSA) is 78.5 Å². The van der Waals surface area contributed by atoms with Gasteiger partial charge in [-0.1, -0.05) is 90.5 Å². The van der Waals surface area contributed by atoms with Crippen LogP contribution in [0.4, 0.5) is 4.79 Å². The highest BCUT2D eigenvalue weighted by atomic mass is 35.5. The molecule has 3 aromatic carbocycles. The van der Waals surface area contributed by atoms with E-state index in [1.165, 1.54) is 0 Å². The minimum Gasteiger partial charge on any atom is -0.350 e. The van der Waals surface area contributed by atoms with Crippen molar-refractivity contribution in [1.82, 2.24) is 15.5 Å². The van der Waals surface area contributed by atoms with Gasteiger partial charge >= 0.3 is 6.03 Å². The van der Waals surface area contributed by atoms with Crippen molar-refractivity contribution in [2.75, 3.05) is 6.54 Å². The monoisotopic (exact) mass is 461 g/mol. The molecule has 1 saturated heterocycles. The van der Waals surface area contributed by atoms with Crippen molar-refractivity contribution >= 4 is 29.4 Å². The van der Waals surface area contributed by atoms with Crippen LogP contribution >= 0.6 is 11.6 Å². The molecule has 0 saturated carbocycles. The molecule has 1 aliphatic heterocycles. The van der Waals surface area contributed by atoms with E-state index in [-0.39, 0.29) is 13.1 Å². The molecule has 6 nitrogen and oxygen atoms in total. The molecule has 0 bridgehead atoms. The quantitative estimate of drug-likeness (QED) is 0.502. The summed E-state index contributed by atoms with van der Waals surface area (Å²) in [4.78, 5) is 40.0. The first-order chi connectivity index (χ1) is 16.0. The Balaban J connectivity index is 1.51. The summed E-state index contributed by atoms with van der Waals surface area (Å²) < 4.78 is 0. The van der Waals surface area contributed by atoms with Crippen LogP contribution in [0, 0.1) is 0 Å². The lowest BCUT2D eigenvalue weighted by molar-refractivity contribution is -0.135.